The quantitative estimate of drug-likeness (QED) is 0.473. The SMILES string of the molecule is COC(=O)C1(C#CCCOCc2ccccc2)CCCC1. The summed E-state index contributed by atoms with van der Waals surface area (Å²) < 4.78 is 10.5. The zero-order chi connectivity index (χ0) is 15.0. The summed E-state index contributed by atoms with van der Waals surface area (Å²) in [5, 5.41) is 0. The van der Waals surface area contributed by atoms with E-state index >= 15 is 0 Å². The predicted octanol–water partition coefficient (Wildman–Crippen LogP) is 3.33. The van der Waals surface area contributed by atoms with E-state index in [2.05, 4.69) is 11.8 Å². The first-order valence-electron chi connectivity index (χ1n) is 7.47. The lowest BCUT2D eigenvalue weighted by Crippen LogP contribution is -2.27. The minimum absolute atomic E-state index is 0.183. The van der Waals surface area contributed by atoms with E-state index in [0.29, 0.717) is 19.6 Å². The van der Waals surface area contributed by atoms with Crippen molar-refractivity contribution in [1.29, 1.82) is 0 Å². The fraction of sp³-hybridized carbons (Fsp3) is 0.500. The molecule has 0 heterocycles. The lowest BCUT2D eigenvalue weighted by Gasteiger charge is -2.18. The fourth-order valence-electron chi connectivity index (χ4n) is 2.67. The topological polar surface area (TPSA) is 35.5 Å². The van der Waals surface area contributed by atoms with E-state index in [1.807, 2.05) is 30.3 Å². The highest BCUT2D eigenvalue weighted by molar-refractivity contribution is 5.80. The first-order chi connectivity index (χ1) is 10.3. The molecule has 0 radical (unpaired) electrons. The van der Waals surface area contributed by atoms with E-state index in [1.165, 1.54) is 7.11 Å². The summed E-state index contributed by atoms with van der Waals surface area (Å²) in [6, 6.07) is 10.1. The number of methoxy groups -OCH3 is 1. The standard InChI is InChI=1S/C18H22O3/c1-20-17(19)18(11-5-6-12-18)13-7-8-14-21-15-16-9-3-2-4-10-16/h2-4,9-10H,5-6,8,11-12,14-15H2,1H3. The van der Waals surface area contributed by atoms with Crippen LogP contribution in [0.1, 0.15) is 37.7 Å². The maximum atomic E-state index is 11.9. The molecule has 3 heteroatoms. The van der Waals surface area contributed by atoms with Crippen molar-refractivity contribution in [2.75, 3.05) is 13.7 Å². The number of hydrogen-bond acceptors (Lipinski definition) is 3. The van der Waals surface area contributed by atoms with Crippen LogP contribution in [0.2, 0.25) is 0 Å². The van der Waals surface area contributed by atoms with Crippen LogP contribution in [-0.2, 0) is 20.9 Å². The van der Waals surface area contributed by atoms with Gasteiger partial charge < -0.3 is 9.47 Å². The summed E-state index contributed by atoms with van der Waals surface area (Å²) in [6.07, 6.45) is 4.38. The molecule has 2 rings (SSSR count). The summed E-state index contributed by atoms with van der Waals surface area (Å²) in [6.45, 7) is 1.18. The number of rotatable bonds is 5. The summed E-state index contributed by atoms with van der Waals surface area (Å²) in [5.41, 5.74) is 0.598. The van der Waals surface area contributed by atoms with Crippen molar-refractivity contribution in [3.8, 4) is 11.8 Å². The normalized spacial score (nSPS) is 16.0. The van der Waals surface area contributed by atoms with Crippen molar-refractivity contribution in [2.24, 2.45) is 5.41 Å². The van der Waals surface area contributed by atoms with Crippen LogP contribution < -0.4 is 0 Å². The fourth-order valence-corrected chi connectivity index (χ4v) is 2.67. The molecular weight excluding hydrogens is 264 g/mol. The van der Waals surface area contributed by atoms with Crippen LogP contribution in [0.4, 0.5) is 0 Å². The third-order valence-corrected chi connectivity index (χ3v) is 3.84. The number of benzene rings is 1. The molecule has 0 saturated heterocycles. The second kappa shape index (κ2) is 7.85. The van der Waals surface area contributed by atoms with Crippen LogP contribution in [0.5, 0.6) is 0 Å². The van der Waals surface area contributed by atoms with Crippen LogP contribution in [-0.4, -0.2) is 19.7 Å². The predicted molar refractivity (Wildman–Crippen MR) is 81.4 cm³/mol. The van der Waals surface area contributed by atoms with Crippen LogP contribution >= 0.6 is 0 Å². The Morgan fingerprint density at radius 1 is 1.24 bits per heavy atom. The highest BCUT2D eigenvalue weighted by Gasteiger charge is 2.40. The molecule has 0 aromatic heterocycles. The molecule has 1 saturated carbocycles. The number of hydrogen-bond donors (Lipinski definition) is 0. The van der Waals surface area contributed by atoms with Crippen molar-refractivity contribution in [3.05, 3.63) is 35.9 Å². The van der Waals surface area contributed by atoms with Gasteiger partial charge in [-0.05, 0) is 18.4 Å². The minimum atomic E-state index is -0.561. The number of esters is 1. The number of carbonyl (C=O) groups excluding carboxylic acids is 1. The van der Waals surface area contributed by atoms with Crippen LogP contribution in [0, 0.1) is 17.3 Å². The average Bonchev–Trinajstić information content (AvgIpc) is 3.01. The molecule has 0 bridgehead atoms. The minimum Gasteiger partial charge on any atom is -0.468 e. The van der Waals surface area contributed by atoms with Gasteiger partial charge in [-0.2, -0.15) is 0 Å². The van der Waals surface area contributed by atoms with Gasteiger partial charge >= 0.3 is 5.97 Å². The lowest BCUT2D eigenvalue weighted by molar-refractivity contribution is -0.148. The van der Waals surface area contributed by atoms with Crippen molar-refractivity contribution in [2.45, 2.75) is 38.7 Å². The molecule has 0 aliphatic heterocycles. The highest BCUT2D eigenvalue weighted by Crippen LogP contribution is 2.38. The second-order valence-corrected chi connectivity index (χ2v) is 5.37. The molecule has 3 nitrogen and oxygen atoms in total. The van der Waals surface area contributed by atoms with Gasteiger partial charge in [-0.1, -0.05) is 55.0 Å². The monoisotopic (exact) mass is 286 g/mol. The molecule has 1 aliphatic rings. The Bertz CT molecular complexity index is 504. The largest absolute Gasteiger partial charge is 0.468 e. The van der Waals surface area contributed by atoms with Gasteiger partial charge in [0.05, 0.1) is 20.3 Å². The Labute approximate surface area is 126 Å². The Hall–Kier alpha value is -1.79. The van der Waals surface area contributed by atoms with Crippen molar-refractivity contribution >= 4 is 5.97 Å². The summed E-state index contributed by atoms with van der Waals surface area (Å²) in [4.78, 5) is 11.9. The van der Waals surface area contributed by atoms with E-state index in [1.54, 1.807) is 0 Å². The first kappa shape index (κ1) is 15.6. The van der Waals surface area contributed by atoms with Gasteiger partial charge in [0.1, 0.15) is 5.41 Å². The summed E-state index contributed by atoms with van der Waals surface area (Å²) >= 11 is 0. The third-order valence-electron chi connectivity index (χ3n) is 3.84. The number of carbonyl (C=O) groups is 1. The van der Waals surface area contributed by atoms with Crippen LogP contribution in [0.25, 0.3) is 0 Å². The summed E-state index contributed by atoms with van der Waals surface area (Å²) in [5.74, 6) is 6.05. The Morgan fingerprint density at radius 3 is 2.62 bits per heavy atom. The van der Waals surface area contributed by atoms with E-state index in [0.717, 1.165) is 31.2 Å². The molecule has 0 amide bonds. The maximum absolute atomic E-state index is 11.9. The molecule has 0 spiro atoms. The number of ether oxygens (including phenoxy) is 2. The molecule has 1 aromatic carbocycles. The third kappa shape index (κ3) is 4.34. The van der Waals surface area contributed by atoms with E-state index in [4.69, 9.17) is 9.47 Å². The molecule has 112 valence electrons. The average molecular weight is 286 g/mol. The van der Waals surface area contributed by atoms with Gasteiger partial charge in [-0.15, -0.1) is 0 Å². The molecule has 0 unspecified atom stereocenters. The molecule has 0 N–H and O–H groups in total. The van der Waals surface area contributed by atoms with Gasteiger partial charge in [0.25, 0.3) is 0 Å². The van der Waals surface area contributed by atoms with Crippen LogP contribution in [0.15, 0.2) is 30.3 Å². The van der Waals surface area contributed by atoms with E-state index < -0.39 is 5.41 Å². The first-order valence-corrected chi connectivity index (χ1v) is 7.47. The molecular formula is C18H22O3. The molecule has 21 heavy (non-hydrogen) atoms. The lowest BCUT2D eigenvalue weighted by atomic mass is 9.87. The van der Waals surface area contributed by atoms with Gasteiger partial charge in [0, 0.05) is 6.42 Å². The van der Waals surface area contributed by atoms with Gasteiger partial charge in [-0.25, -0.2) is 0 Å². The van der Waals surface area contributed by atoms with Crippen molar-refractivity contribution < 1.29 is 14.3 Å². The highest BCUT2D eigenvalue weighted by atomic mass is 16.5. The zero-order valence-corrected chi connectivity index (χ0v) is 12.6. The Morgan fingerprint density at radius 2 is 1.95 bits per heavy atom. The Kier molecular flexibility index (Phi) is 5.83. The van der Waals surface area contributed by atoms with Gasteiger partial charge in [0.15, 0.2) is 0 Å². The maximum Gasteiger partial charge on any atom is 0.323 e. The van der Waals surface area contributed by atoms with Crippen molar-refractivity contribution in [3.63, 3.8) is 0 Å². The van der Waals surface area contributed by atoms with Crippen molar-refractivity contribution in [1.82, 2.24) is 0 Å². The molecule has 1 aromatic rings. The second-order valence-electron chi connectivity index (χ2n) is 5.37. The van der Waals surface area contributed by atoms with Gasteiger partial charge in [0.2, 0.25) is 0 Å². The van der Waals surface area contributed by atoms with E-state index in [9.17, 15) is 4.79 Å². The molecule has 0 atom stereocenters. The zero-order valence-electron chi connectivity index (χ0n) is 12.6. The molecule has 1 fully saturated rings. The van der Waals surface area contributed by atoms with E-state index in [-0.39, 0.29) is 5.97 Å². The Balaban J connectivity index is 1.76. The smallest absolute Gasteiger partial charge is 0.323 e. The molecule has 1 aliphatic carbocycles. The summed E-state index contributed by atoms with van der Waals surface area (Å²) in [7, 11) is 1.44. The van der Waals surface area contributed by atoms with Crippen LogP contribution in [0.3, 0.4) is 0 Å². The van der Waals surface area contributed by atoms with Gasteiger partial charge in [-0.3, -0.25) is 4.79 Å².